The monoisotopic (exact) mass is 211 g/mol. The van der Waals surface area contributed by atoms with Crippen molar-refractivity contribution in [2.75, 3.05) is 0 Å². The zero-order valence-electron chi connectivity index (χ0n) is 8.00. The van der Waals surface area contributed by atoms with Gasteiger partial charge in [-0.3, -0.25) is 4.79 Å². The quantitative estimate of drug-likeness (QED) is 0.428. The molecule has 6 nitrogen and oxygen atoms in total. The van der Waals surface area contributed by atoms with Crippen molar-refractivity contribution < 1.29 is 19.1 Å². The van der Waals surface area contributed by atoms with E-state index in [0.717, 1.165) is 0 Å². The second-order valence-corrected chi connectivity index (χ2v) is 2.77. The first kappa shape index (κ1) is 11.0. The van der Waals surface area contributed by atoms with Crippen molar-refractivity contribution in [3.63, 3.8) is 0 Å². The van der Waals surface area contributed by atoms with Crippen LogP contribution in [0.5, 0.6) is 0 Å². The van der Waals surface area contributed by atoms with Crippen molar-refractivity contribution >= 4 is 5.97 Å². The third-order valence-corrected chi connectivity index (χ3v) is 1.67. The van der Waals surface area contributed by atoms with Crippen LogP contribution in [-0.4, -0.2) is 11.1 Å². The summed E-state index contributed by atoms with van der Waals surface area (Å²) in [4.78, 5) is 24.6. The van der Waals surface area contributed by atoms with E-state index in [2.05, 4.69) is 4.84 Å². The van der Waals surface area contributed by atoms with Crippen molar-refractivity contribution in [2.24, 2.45) is 0 Å². The highest BCUT2D eigenvalue weighted by atomic mass is 17.0. The molecule has 0 bridgehead atoms. The lowest BCUT2D eigenvalue weighted by molar-refractivity contribution is -0.728. The van der Waals surface area contributed by atoms with Gasteiger partial charge in [0.15, 0.2) is 0 Å². The molecule has 0 unspecified atom stereocenters. The highest BCUT2D eigenvalue weighted by Crippen LogP contribution is 2.05. The van der Waals surface area contributed by atoms with E-state index in [1.807, 2.05) is 0 Å². The zero-order valence-corrected chi connectivity index (χ0v) is 8.00. The fourth-order valence-corrected chi connectivity index (χ4v) is 0.905. The summed E-state index contributed by atoms with van der Waals surface area (Å²) in [6.07, 6.45) is 3.41. The molecule has 6 heteroatoms. The van der Waals surface area contributed by atoms with Crippen LogP contribution in [0.4, 0.5) is 0 Å². The minimum absolute atomic E-state index is 0.170. The van der Waals surface area contributed by atoms with Gasteiger partial charge >= 0.3 is 11.1 Å². The lowest BCUT2D eigenvalue weighted by Crippen LogP contribution is -2.11. The summed E-state index contributed by atoms with van der Waals surface area (Å²) in [6, 6.07) is 3.45. The lowest BCUT2D eigenvalue weighted by atomic mass is 10.2. The third kappa shape index (κ3) is 3.63. The molecular weight excluding hydrogens is 202 g/mol. The number of nitrogens with zero attached hydrogens (tertiary/aromatic N) is 1. The smallest absolute Gasteiger partial charge is 0.329 e. The number of hydrogen-bond acceptors (Lipinski definition) is 5. The molecule has 0 aromatic carbocycles. The van der Waals surface area contributed by atoms with Crippen LogP contribution in [0.1, 0.15) is 12.7 Å². The Morgan fingerprint density at radius 1 is 1.73 bits per heavy atom. The van der Waals surface area contributed by atoms with E-state index < -0.39 is 11.1 Å². The lowest BCUT2D eigenvalue weighted by Gasteiger charge is -1.96. The molecule has 0 aliphatic rings. The molecule has 0 saturated carbocycles. The van der Waals surface area contributed by atoms with Crippen LogP contribution in [0.25, 0.3) is 0 Å². The van der Waals surface area contributed by atoms with Crippen LogP contribution in [0.3, 0.4) is 0 Å². The summed E-state index contributed by atoms with van der Waals surface area (Å²) < 4.78 is 5.01. The largest absolute Gasteiger partial charge is 0.469 e. The van der Waals surface area contributed by atoms with E-state index >= 15 is 0 Å². The van der Waals surface area contributed by atoms with Crippen molar-refractivity contribution in [1.82, 2.24) is 0 Å². The molecule has 0 spiro atoms. The molecule has 0 atom stereocenters. The first-order valence-electron chi connectivity index (χ1n) is 4.15. The van der Waals surface area contributed by atoms with Gasteiger partial charge in [-0.15, -0.1) is 10.1 Å². The summed E-state index contributed by atoms with van der Waals surface area (Å²) in [5.74, 6) is -0.296. The molecule has 0 radical (unpaired) electrons. The van der Waals surface area contributed by atoms with E-state index in [1.165, 1.54) is 19.3 Å². The summed E-state index contributed by atoms with van der Waals surface area (Å²) in [7, 11) is 0. The van der Waals surface area contributed by atoms with Crippen LogP contribution in [0, 0.1) is 10.1 Å². The molecule has 0 aliphatic heterocycles. The van der Waals surface area contributed by atoms with Gasteiger partial charge in [-0.05, 0) is 19.1 Å². The number of carbonyl (C=O) groups excluding carboxylic acids is 1. The molecular formula is C9H9NO5. The summed E-state index contributed by atoms with van der Waals surface area (Å²) in [6.45, 7) is 1.44. The maximum Gasteiger partial charge on any atom is 0.329 e. The fourth-order valence-electron chi connectivity index (χ4n) is 0.905. The summed E-state index contributed by atoms with van der Waals surface area (Å²) in [5, 5.41) is 8.73. The van der Waals surface area contributed by atoms with Gasteiger partial charge in [0, 0.05) is 12.0 Å². The van der Waals surface area contributed by atoms with Gasteiger partial charge in [-0.1, -0.05) is 6.08 Å². The number of carbonyl (C=O) groups is 1. The molecule has 1 heterocycles. The molecule has 0 N–H and O–H groups in total. The van der Waals surface area contributed by atoms with E-state index in [4.69, 9.17) is 4.42 Å². The predicted octanol–water partition coefficient (Wildman–Crippen LogP) is 1.50. The normalized spacial score (nSPS) is 11.1. The van der Waals surface area contributed by atoms with Crippen LogP contribution >= 0.6 is 0 Å². The van der Waals surface area contributed by atoms with E-state index in [0.29, 0.717) is 12.2 Å². The first-order valence-corrected chi connectivity index (χ1v) is 4.15. The maximum atomic E-state index is 11.0. The SMILES string of the molecule is CC(=CCc1ccco1)C(=O)O[N+](=O)[O-]. The average molecular weight is 211 g/mol. The molecule has 1 aromatic heterocycles. The molecule has 1 aromatic rings. The Morgan fingerprint density at radius 3 is 3.00 bits per heavy atom. The highest BCUT2D eigenvalue weighted by molar-refractivity contribution is 5.87. The Balaban J connectivity index is 2.52. The molecule has 0 amide bonds. The predicted molar refractivity (Wildman–Crippen MR) is 49.3 cm³/mol. The Morgan fingerprint density at radius 2 is 2.47 bits per heavy atom. The fraction of sp³-hybridized carbons (Fsp3) is 0.222. The summed E-state index contributed by atoms with van der Waals surface area (Å²) in [5.41, 5.74) is 0.170. The van der Waals surface area contributed by atoms with Gasteiger partial charge in [0.05, 0.1) is 6.26 Å². The molecule has 15 heavy (non-hydrogen) atoms. The topological polar surface area (TPSA) is 82.6 Å². The minimum Gasteiger partial charge on any atom is -0.469 e. The van der Waals surface area contributed by atoms with Crippen molar-refractivity contribution in [3.8, 4) is 0 Å². The Kier molecular flexibility index (Phi) is 3.61. The number of furan rings is 1. The molecule has 0 aliphatic carbocycles. The van der Waals surface area contributed by atoms with Crippen LogP contribution < -0.4 is 0 Å². The Labute approximate surface area is 85.2 Å². The van der Waals surface area contributed by atoms with Crippen LogP contribution in [-0.2, 0) is 16.1 Å². The maximum absolute atomic E-state index is 11.0. The number of allylic oxidation sites excluding steroid dienone is 1. The zero-order chi connectivity index (χ0) is 11.3. The standard InChI is InChI=1S/C9H9NO5/c1-7(9(11)15-10(12)13)4-5-8-3-2-6-14-8/h2-4,6H,5H2,1H3. The van der Waals surface area contributed by atoms with Crippen LogP contribution in [0.2, 0.25) is 0 Å². The van der Waals surface area contributed by atoms with E-state index in [1.54, 1.807) is 12.1 Å². The second kappa shape index (κ2) is 4.94. The van der Waals surface area contributed by atoms with Gasteiger partial charge in [0.25, 0.3) is 0 Å². The first-order chi connectivity index (χ1) is 7.09. The third-order valence-electron chi connectivity index (χ3n) is 1.67. The Bertz CT molecular complexity index is 379. The Hall–Kier alpha value is -2.11. The van der Waals surface area contributed by atoms with Crippen molar-refractivity contribution in [2.45, 2.75) is 13.3 Å². The molecule has 80 valence electrons. The molecule has 0 fully saturated rings. The number of hydrogen-bond donors (Lipinski definition) is 0. The average Bonchev–Trinajstić information content (AvgIpc) is 2.65. The minimum atomic E-state index is -1.13. The van der Waals surface area contributed by atoms with Gasteiger partial charge in [-0.2, -0.15) is 0 Å². The van der Waals surface area contributed by atoms with E-state index in [-0.39, 0.29) is 5.57 Å². The van der Waals surface area contributed by atoms with Gasteiger partial charge in [-0.25, -0.2) is 4.84 Å². The highest BCUT2D eigenvalue weighted by Gasteiger charge is 2.09. The molecule has 0 saturated heterocycles. The second-order valence-electron chi connectivity index (χ2n) is 2.77. The number of rotatable bonds is 4. The summed E-state index contributed by atoms with van der Waals surface area (Å²) >= 11 is 0. The van der Waals surface area contributed by atoms with Crippen LogP contribution in [0.15, 0.2) is 34.5 Å². The molecule has 1 rings (SSSR count). The van der Waals surface area contributed by atoms with E-state index in [9.17, 15) is 14.9 Å². The van der Waals surface area contributed by atoms with Gasteiger partial charge < -0.3 is 4.42 Å². The van der Waals surface area contributed by atoms with Gasteiger partial charge in [0.2, 0.25) is 0 Å². The van der Waals surface area contributed by atoms with Crippen molar-refractivity contribution in [3.05, 3.63) is 45.9 Å². The van der Waals surface area contributed by atoms with Gasteiger partial charge in [0.1, 0.15) is 5.76 Å². The van der Waals surface area contributed by atoms with Crippen molar-refractivity contribution in [1.29, 1.82) is 0 Å².